The number of nitrogens with zero attached hydrogens (tertiary/aromatic N) is 1. The molecule has 0 saturated carbocycles. The number of rotatable bonds is 8. The first-order valence-corrected chi connectivity index (χ1v) is 7.23. The average molecular weight is 294 g/mol. The van der Waals surface area contributed by atoms with Crippen LogP contribution in [0.4, 0.5) is 0 Å². The van der Waals surface area contributed by atoms with E-state index in [0.29, 0.717) is 26.3 Å². The number of hydrogen-bond donors (Lipinski definition) is 1. The highest BCUT2D eigenvalue weighted by atomic mass is 32.1. The summed E-state index contributed by atoms with van der Waals surface area (Å²) in [7, 11) is 0. The van der Waals surface area contributed by atoms with Gasteiger partial charge in [0.15, 0.2) is 0 Å². The van der Waals surface area contributed by atoms with Gasteiger partial charge in [-0.15, -0.1) is 0 Å². The topological polar surface area (TPSA) is 55.6 Å². The maximum atomic E-state index is 12.6. The quantitative estimate of drug-likeness (QED) is 0.588. The van der Waals surface area contributed by atoms with Crippen LogP contribution in [0, 0.1) is 0 Å². The summed E-state index contributed by atoms with van der Waals surface area (Å²) in [5.41, 5.74) is 6.60. The Hall–Kier alpha value is -1.46. The number of thiocarbonyl (C=S) groups is 1. The zero-order valence-corrected chi connectivity index (χ0v) is 12.9. The zero-order valence-electron chi connectivity index (χ0n) is 12.0. The molecule has 1 amide bonds. The highest BCUT2D eigenvalue weighted by Gasteiger charge is 2.27. The molecule has 0 bridgehead atoms. The van der Waals surface area contributed by atoms with Gasteiger partial charge in [0.25, 0.3) is 0 Å². The van der Waals surface area contributed by atoms with E-state index >= 15 is 0 Å². The van der Waals surface area contributed by atoms with Crippen molar-refractivity contribution in [2.24, 2.45) is 5.73 Å². The SMILES string of the molecule is CCOCCN(CC)C(=O)C(C(N)=S)c1ccccc1. The summed E-state index contributed by atoms with van der Waals surface area (Å²) in [5, 5.41) is 0. The van der Waals surface area contributed by atoms with Gasteiger partial charge in [0.05, 0.1) is 11.6 Å². The van der Waals surface area contributed by atoms with Crippen LogP contribution in [0.15, 0.2) is 30.3 Å². The summed E-state index contributed by atoms with van der Waals surface area (Å²) in [6, 6.07) is 9.40. The molecule has 0 heterocycles. The molecule has 0 saturated heterocycles. The second-order valence-electron chi connectivity index (χ2n) is 4.36. The second kappa shape index (κ2) is 8.66. The van der Waals surface area contributed by atoms with E-state index in [9.17, 15) is 4.79 Å². The van der Waals surface area contributed by atoms with Gasteiger partial charge < -0.3 is 15.4 Å². The highest BCUT2D eigenvalue weighted by Crippen LogP contribution is 2.19. The van der Waals surface area contributed by atoms with Crippen molar-refractivity contribution in [2.45, 2.75) is 19.8 Å². The summed E-state index contributed by atoms with van der Waals surface area (Å²) < 4.78 is 5.30. The lowest BCUT2D eigenvalue weighted by Gasteiger charge is -2.26. The summed E-state index contributed by atoms with van der Waals surface area (Å²) in [5.74, 6) is -0.626. The van der Waals surface area contributed by atoms with Gasteiger partial charge in [-0.3, -0.25) is 4.79 Å². The van der Waals surface area contributed by atoms with E-state index in [1.54, 1.807) is 4.90 Å². The zero-order chi connectivity index (χ0) is 15.0. The molecule has 1 rings (SSSR count). The van der Waals surface area contributed by atoms with Gasteiger partial charge in [0, 0.05) is 19.7 Å². The number of hydrogen-bond acceptors (Lipinski definition) is 3. The van der Waals surface area contributed by atoms with Crippen molar-refractivity contribution in [2.75, 3.05) is 26.3 Å². The first kappa shape index (κ1) is 16.6. The van der Waals surface area contributed by atoms with E-state index in [0.717, 1.165) is 5.56 Å². The van der Waals surface area contributed by atoms with Crippen molar-refractivity contribution in [1.82, 2.24) is 4.90 Å². The molecule has 2 N–H and O–H groups in total. The Labute approximate surface area is 125 Å². The van der Waals surface area contributed by atoms with Crippen molar-refractivity contribution in [3.8, 4) is 0 Å². The molecular formula is C15H22N2O2S. The lowest BCUT2D eigenvalue weighted by molar-refractivity contribution is -0.131. The maximum Gasteiger partial charge on any atom is 0.237 e. The highest BCUT2D eigenvalue weighted by molar-refractivity contribution is 7.80. The van der Waals surface area contributed by atoms with E-state index in [2.05, 4.69) is 0 Å². The van der Waals surface area contributed by atoms with E-state index in [1.165, 1.54) is 0 Å². The van der Waals surface area contributed by atoms with E-state index < -0.39 is 5.92 Å². The van der Waals surface area contributed by atoms with E-state index in [4.69, 9.17) is 22.7 Å². The molecule has 0 spiro atoms. The Balaban J connectivity index is 2.85. The lowest BCUT2D eigenvalue weighted by Crippen LogP contribution is -2.41. The molecule has 0 aliphatic heterocycles. The fraction of sp³-hybridized carbons (Fsp3) is 0.467. The van der Waals surface area contributed by atoms with Crippen LogP contribution in [0.1, 0.15) is 25.3 Å². The number of ether oxygens (including phenoxy) is 1. The Morgan fingerprint density at radius 2 is 2.00 bits per heavy atom. The lowest BCUT2D eigenvalue weighted by atomic mass is 9.97. The normalized spacial score (nSPS) is 11.9. The largest absolute Gasteiger partial charge is 0.392 e. The molecule has 0 aliphatic carbocycles. The fourth-order valence-corrected chi connectivity index (χ4v) is 2.24. The minimum absolute atomic E-state index is 0.0640. The van der Waals surface area contributed by atoms with Crippen molar-refractivity contribution < 1.29 is 9.53 Å². The van der Waals surface area contributed by atoms with Crippen LogP contribution in [-0.2, 0) is 9.53 Å². The fourth-order valence-electron chi connectivity index (χ4n) is 2.00. The molecule has 4 nitrogen and oxygen atoms in total. The maximum absolute atomic E-state index is 12.6. The number of likely N-dealkylation sites (N-methyl/N-ethyl adjacent to an activating group) is 1. The van der Waals surface area contributed by atoms with Gasteiger partial charge in [-0.1, -0.05) is 42.5 Å². The summed E-state index contributed by atoms with van der Waals surface area (Å²) >= 11 is 5.08. The van der Waals surface area contributed by atoms with Crippen LogP contribution in [0.3, 0.4) is 0 Å². The van der Waals surface area contributed by atoms with Gasteiger partial charge in [-0.25, -0.2) is 0 Å². The van der Waals surface area contributed by atoms with Gasteiger partial charge >= 0.3 is 0 Å². The van der Waals surface area contributed by atoms with Crippen LogP contribution in [0.25, 0.3) is 0 Å². The van der Waals surface area contributed by atoms with Crippen LogP contribution in [0.2, 0.25) is 0 Å². The molecule has 110 valence electrons. The molecule has 0 aromatic heterocycles. The monoisotopic (exact) mass is 294 g/mol. The van der Waals surface area contributed by atoms with Crippen molar-refractivity contribution in [1.29, 1.82) is 0 Å². The third-order valence-electron chi connectivity index (χ3n) is 3.07. The summed E-state index contributed by atoms with van der Waals surface area (Å²) in [6.07, 6.45) is 0. The Kier molecular flexibility index (Phi) is 7.18. The van der Waals surface area contributed by atoms with Crippen LogP contribution < -0.4 is 5.73 Å². The van der Waals surface area contributed by atoms with Crippen molar-refractivity contribution >= 4 is 23.1 Å². The third kappa shape index (κ3) is 4.58. The molecule has 0 aliphatic rings. The van der Waals surface area contributed by atoms with E-state index in [1.807, 2.05) is 44.2 Å². The smallest absolute Gasteiger partial charge is 0.237 e. The summed E-state index contributed by atoms with van der Waals surface area (Å²) in [4.78, 5) is 14.5. The number of carbonyl (C=O) groups excluding carboxylic acids is 1. The van der Waals surface area contributed by atoms with Gasteiger partial charge in [0.2, 0.25) is 5.91 Å². The van der Waals surface area contributed by atoms with Gasteiger partial charge in [-0.2, -0.15) is 0 Å². The minimum Gasteiger partial charge on any atom is -0.392 e. The molecule has 5 heteroatoms. The first-order valence-electron chi connectivity index (χ1n) is 6.82. The predicted molar refractivity (Wildman–Crippen MR) is 84.7 cm³/mol. The summed E-state index contributed by atoms with van der Waals surface area (Å²) in [6.45, 7) is 6.19. The number of carbonyl (C=O) groups is 1. The van der Waals surface area contributed by atoms with Crippen molar-refractivity contribution in [3.63, 3.8) is 0 Å². The van der Waals surface area contributed by atoms with Crippen molar-refractivity contribution in [3.05, 3.63) is 35.9 Å². The molecular weight excluding hydrogens is 272 g/mol. The average Bonchev–Trinajstić information content (AvgIpc) is 2.44. The molecule has 0 fully saturated rings. The molecule has 1 atom stereocenters. The van der Waals surface area contributed by atoms with Crippen LogP contribution in [-0.4, -0.2) is 42.1 Å². The Morgan fingerprint density at radius 3 is 2.50 bits per heavy atom. The number of amides is 1. The first-order chi connectivity index (χ1) is 9.61. The molecule has 1 aromatic rings. The standard InChI is InChI=1S/C15H22N2O2S/c1-3-17(10-11-19-4-2)15(18)13(14(16)20)12-8-6-5-7-9-12/h5-9,13H,3-4,10-11H2,1-2H3,(H2,16,20). The molecule has 0 radical (unpaired) electrons. The number of benzene rings is 1. The van der Waals surface area contributed by atoms with Crippen LogP contribution >= 0.6 is 12.2 Å². The van der Waals surface area contributed by atoms with E-state index in [-0.39, 0.29) is 10.9 Å². The number of nitrogens with two attached hydrogens (primary N) is 1. The van der Waals surface area contributed by atoms with Gasteiger partial charge in [0.1, 0.15) is 5.92 Å². The Bertz CT molecular complexity index is 437. The van der Waals surface area contributed by atoms with Gasteiger partial charge in [-0.05, 0) is 19.4 Å². The van der Waals surface area contributed by atoms with Crippen LogP contribution in [0.5, 0.6) is 0 Å². The minimum atomic E-state index is -0.562. The molecule has 1 unspecified atom stereocenters. The molecule has 1 aromatic carbocycles. The molecule has 20 heavy (non-hydrogen) atoms. The second-order valence-corrected chi connectivity index (χ2v) is 4.83. The predicted octanol–water partition coefficient (Wildman–Crippen LogP) is 1.94. The Morgan fingerprint density at radius 1 is 1.35 bits per heavy atom. The third-order valence-corrected chi connectivity index (χ3v) is 3.30.